The Kier molecular flexibility index (Phi) is 4.76. The number of methoxy groups -OCH3 is 1. The molecule has 0 aliphatic rings. The van der Waals surface area contributed by atoms with E-state index in [1.807, 2.05) is 6.07 Å². The molecule has 7 heteroatoms. The van der Waals surface area contributed by atoms with Crippen molar-refractivity contribution in [2.24, 2.45) is 5.73 Å². The number of nitrogens with zero attached hydrogens (tertiary/aromatic N) is 2. The number of benzene rings is 1. The summed E-state index contributed by atoms with van der Waals surface area (Å²) in [7, 11) is 1.54. The molecule has 0 amide bonds. The van der Waals surface area contributed by atoms with Crippen LogP contribution in [0, 0.1) is 0 Å². The van der Waals surface area contributed by atoms with Gasteiger partial charge in [0.05, 0.1) is 0 Å². The highest BCUT2D eigenvalue weighted by Gasteiger charge is 2.17. The number of halogens is 2. The normalized spacial score (nSPS) is 12.6. The Morgan fingerprint density at radius 3 is 2.84 bits per heavy atom. The second-order valence-electron chi connectivity index (χ2n) is 3.92. The van der Waals surface area contributed by atoms with Gasteiger partial charge in [-0.05, 0) is 17.7 Å². The standard InChI is InChI=1S/C12H13Cl2N3O2/c1-18-10(6-15)12-16-11(17-19-12)4-7-2-3-8(13)5-9(7)14/h2-3,5,10H,4,6,15H2,1H3. The van der Waals surface area contributed by atoms with E-state index in [9.17, 15) is 0 Å². The molecule has 1 aromatic carbocycles. The van der Waals surface area contributed by atoms with Crippen LogP contribution in [0.4, 0.5) is 0 Å². The molecule has 0 radical (unpaired) electrons. The molecule has 5 nitrogen and oxygen atoms in total. The van der Waals surface area contributed by atoms with Gasteiger partial charge in [-0.2, -0.15) is 4.98 Å². The Hall–Kier alpha value is -1.14. The summed E-state index contributed by atoms with van der Waals surface area (Å²) in [5, 5.41) is 5.04. The Bertz CT molecular complexity index is 556. The Morgan fingerprint density at radius 2 is 2.21 bits per heavy atom. The third kappa shape index (κ3) is 3.45. The molecular formula is C12H13Cl2N3O2. The topological polar surface area (TPSA) is 74.2 Å². The van der Waals surface area contributed by atoms with Gasteiger partial charge in [-0.15, -0.1) is 0 Å². The summed E-state index contributed by atoms with van der Waals surface area (Å²) >= 11 is 11.9. The van der Waals surface area contributed by atoms with Crippen LogP contribution >= 0.6 is 23.2 Å². The highest BCUT2D eigenvalue weighted by Crippen LogP contribution is 2.23. The minimum Gasteiger partial charge on any atom is -0.370 e. The van der Waals surface area contributed by atoms with Crippen molar-refractivity contribution in [3.63, 3.8) is 0 Å². The van der Waals surface area contributed by atoms with Gasteiger partial charge in [0.1, 0.15) is 6.10 Å². The first-order valence-corrected chi connectivity index (χ1v) is 6.39. The summed E-state index contributed by atoms with van der Waals surface area (Å²) in [4.78, 5) is 4.24. The fraction of sp³-hybridized carbons (Fsp3) is 0.333. The lowest BCUT2D eigenvalue weighted by molar-refractivity contribution is 0.0804. The fourth-order valence-electron chi connectivity index (χ4n) is 1.60. The zero-order chi connectivity index (χ0) is 13.8. The highest BCUT2D eigenvalue weighted by atomic mass is 35.5. The summed E-state index contributed by atoms with van der Waals surface area (Å²) in [6, 6.07) is 5.27. The summed E-state index contributed by atoms with van der Waals surface area (Å²) < 4.78 is 10.2. The molecule has 2 rings (SSSR count). The van der Waals surface area contributed by atoms with E-state index >= 15 is 0 Å². The van der Waals surface area contributed by atoms with Crippen molar-refractivity contribution in [3.05, 3.63) is 45.5 Å². The van der Waals surface area contributed by atoms with Gasteiger partial charge in [-0.3, -0.25) is 0 Å². The SMILES string of the molecule is COC(CN)c1nc(Cc2ccc(Cl)cc2Cl)no1. The Morgan fingerprint density at radius 1 is 1.42 bits per heavy atom. The highest BCUT2D eigenvalue weighted by molar-refractivity contribution is 6.35. The van der Waals surface area contributed by atoms with Gasteiger partial charge < -0.3 is 15.0 Å². The van der Waals surface area contributed by atoms with E-state index in [4.69, 9.17) is 38.2 Å². The summed E-state index contributed by atoms with van der Waals surface area (Å²) in [6.07, 6.45) is 0.0717. The van der Waals surface area contributed by atoms with Crippen molar-refractivity contribution in [2.75, 3.05) is 13.7 Å². The van der Waals surface area contributed by atoms with Crippen LogP contribution in [0.1, 0.15) is 23.4 Å². The molecule has 1 heterocycles. The van der Waals surface area contributed by atoms with Gasteiger partial charge in [0, 0.05) is 30.1 Å². The predicted molar refractivity (Wildman–Crippen MR) is 72.4 cm³/mol. The Labute approximate surface area is 120 Å². The number of rotatable bonds is 5. The largest absolute Gasteiger partial charge is 0.370 e. The van der Waals surface area contributed by atoms with Gasteiger partial charge in [-0.25, -0.2) is 0 Å². The van der Waals surface area contributed by atoms with Crippen molar-refractivity contribution in [1.82, 2.24) is 10.1 Å². The molecule has 0 spiro atoms. The fourth-order valence-corrected chi connectivity index (χ4v) is 2.08. The summed E-state index contributed by atoms with van der Waals surface area (Å²) in [6.45, 7) is 0.278. The van der Waals surface area contributed by atoms with Crippen molar-refractivity contribution >= 4 is 23.2 Å². The molecule has 0 aliphatic heterocycles. The maximum absolute atomic E-state index is 6.09. The minimum atomic E-state index is -0.387. The molecule has 102 valence electrons. The van der Waals surface area contributed by atoms with Crippen LogP contribution in [0.3, 0.4) is 0 Å². The molecule has 0 aliphatic carbocycles. The summed E-state index contributed by atoms with van der Waals surface area (Å²) in [5.41, 5.74) is 6.40. The smallest absolute Gasteiger partial charge is 0.257 e. The van der Waals surface area contributed by atoms with E-state index in [1.54, 1.807) is 12.1 Å². The van der Waals surface area contributed by atoms with Crippen molar-refractivity contribution in [1.29, 1.82) is 0 Å². The maximum Gasteiger partial charge on any atom is 0.257 e. The monoisotopic (exact) mass is 301 g/mol. The second-order valence-corrected chi connectivity index (χ2v) is 4.77. The molecule has 0 bridgehead atoms. The van der Waals surface area contributed by atoms with Crippen molar-refractivity contribution in [3.8, 4) is 0 Å². The van der Waals surface area contributed by atoms with Crippen LogP contribution in [-0.2, 0) is 11.2 Å². The summed E-state index contributed by atoms with van der Waals surface area (Å²) in [5.74, 6) is 0.889. The maximum atomic E-state index is 6.09. The zero-order valence-corrected chi connectivity index (χ0v) is 11.8. The van der Waals surface area contributed by atoms with Gasteiger partial charge in [0.15, 0.2) is 5.82 Å². The average molecular weight is 302 g/mol. The first kappa shape index (κ1) is 14.3. The van der Waals surface area contributed by atoms with Crippen LogP contribution in [0.5, 0.6) is 0 Å². The van der Waals surface area contributed by atoms with Gasteiger partial charge >= 0.3 is 0 Å². The molecule has 0 fully saturated rings. The molecule has 1 unspecified atom stereocenters. The molecule has 19 heavy (non-hydrogen) atoms. The van der Waals surface area contributed by atoms with Gasteiger partial charge in [-0.1, -0.05) is 34.4 Å². The quantitative estimate of drug-likeness (QED) is 0.919. The van der Waals surface area contributed by atoms with Crippen LogP contribution in [0.25, 0.3) is 0 Å². The molecule has 0 saturated heterocycles. The van der Waals surface area contributed by atoms with E-state index in [0.717, 1.165) is 5.56 Å². The van der Waals surface area contributed by atoms with E-state index in [-0.39, 0.29) is 12.6 Å². The van der Waals surface area contributed by atoms with Gasteiger partial charge in [0.2, 0.25) is 0 Å². The molecule has 2 N–H and O–H groups in total. The number of hydrogen-bond acceptors (Lipinski definition) is 5. The number of hydrogen-bond donors (Lipinski definition) is 1. The third-order valence-electron chi connectivity index (χ3n) is 2.62. The molecule has 1 aromatic heterocycles. The average Bonchev–Trinajstić information content (AvgIpc) is 2.83. The van der Waals surface area contributed by atoms with Crippen LogP contribution in [-0.4, -0.2) is 23.8 Å². The molecule has 2 aromatic rings. The van der Waals surface area contributed by atoms with Crippen molar-refractivity contribution < 1.29 is 9.26 Å². The molecule has 0 saturated carbocycles. The minimum absolute atomic E-state index is 0.278. The Balaban J connectivity index is 2.15. The zero-order valence-electron chi connectivity index (χ0n) is 10.3. The number of nitrogens with two attached hydrogens (primary N) is 1. The first-order valence-electron chi connectivity index (χ1n) is 5.63. The van der Waals surface area contributed by atoms with E-state index < -0.39 is 0 Å². The lowest BCUT2D eigenvalue weighted by Crippen LogP contribution is -2.14. The first-order chi connectivity index (χ1) is 9.13. The van der Waals surface area contributed by atoms with E-state index in [2.05, 4.69) is 10.1 Å². The van der Waals surface area contributed by atoms with E-state index in [0.29, 0.717) is 28.2 Å². The lowest BCUT2D eigenvalue weighted by atomic mass is 10.1. The van der Waals surface area contributed by atoms with Crippen LogP contribution in [0.15, 0.2) is 22.7 Å². The number of ether oxygens (including phenoxy) is 1. The number of aromatic nitrogens is 2. The molecule has 1 atom stereocenters. The van der Waals surface area contributed by atoms with Crippen LogP contribution in [0.2, 0.25) is 10.0 Å². The van der Waals surface area contributed by atoms with Crippen molar-refractivity contribution in [2.45, 2.75) is 12.5 Å². The van der Waals surface area contributed by atoms with E-state index in [1.165, 1.54) is 7.11 Å². The van der Waals surface area contributed by atoms with Crippen LogP contribution < -0.4 is 5.73 Å². The third-order valence-corrected chi connectivity index (χ3v) is 3.21. The second kappa shape index (κ2) is 6.34. The molecular weight excluding hydrogens is 289 g/mol. The predicted octanol–water partition coefficient (Wildman–Crippen LogP) is 2.61. The van der Waals surface area contributed by atoms with Gasteiger partial charge in [0.25, 0.3) is 5.89 Å². The lowest BCUT2D eigenvalue weighted by Gasteiger charge is -2.05.